The molecule has 0 atom stereocenters. The Morgan fingerprint density at radius 3 is 2.80 bits per heavy atom. The molecule has 110 valence electrons. The summed E-state index contributed by atoms with van der Waals surface area (Å²) in [5.74, 6) is 1.14. The van der Waals surface area contributed by atoms with E-state index in [0.29, 0.717) is 29.7 Å². The highest BCUT2D eigenvalue weighted by Gasteiger charge is 2.11. The standard InChI is InChI=1S/C13H18ClN3O2S/c1-3-5-19-12-10(14)6-9(7-11(12)18-4-2)8-16-17-13(15)20/h6-8H,3-5H2,1-2H3,(H3,15,17,20). The second kappa shape index (κ2) is 8.60. The smallest absolute Gasteiger partial charge is 0.184 e. The van der Waals surface area contributed by atoms with Crippen LogP contribution in [0.2, 0.25) is 5.02 Å². The fraction of sp³-hybridized carbons (Fsp3) is 0.385. The minimum Gasteiger partial charge on any atom is -0.490 e. The van der Waals surface area contributed by atoms with Crippen LogP contribution in [-0.4, -0.2) is 24.5 Å². The number of hydrazone groups is 1. The quantitative estimate of drug-likeness (QED) is 0.460. The zero-order chi connectivity index (χ0) is 15.0. The number of rotatable bonds is 7. The molecule has 1 aromatic carbocycles. The van der Waals surface area contributed by atoms with Crippen molar-refractivity contribution in [2.45, 2.75) is 20.3 Å². The molecule has 0 saturated heterocycles. The van der Waals surface area contributed by atoms with Gasteiger partial charge in [-0.3, -0.25) is 5.43 Å². The number of benzene rings is 1. The van der Waals surface area contributed by atoms with Gasteiger partial charge < -0.3 is 15.2 Å². The molecular formula is C13H18ClN3O2S. The summed E-state index contributed by atoms with van der Waals surface area (Å²) in [6.45, 7) is 5.02. The van der Waals surface area contributed by atoms with Crippen molar-refractivity contribution in [1.29, 1.82) is 0 Å². The van der Waals surface area contributed by atoms with E-state index in [0.717, 1.165) is 12.0 Å². The number of nitrogens with two attached hydrogens (primary N) is 1. The molecule has 3 N–H and O–H groups in total. The molecule has 0 unspecified atom stereocenters. The number of halogens is 1. The summed E-state index contributed by atoms with van der Waals surface area (Å²) in [6.07, 6.45) is 2.44. The first-order valence-corrected chi connectivity index (χ1v) is 7.04. The fourth-order valence-electron chi connectivity index (χ4n) is 1.44. The Labute approximate surface area is 129 Å². The second-order valence-corrected chi connectivity index (χ2v) is 4.69. The Morgan fingerprint density at radius 2 is 2.20 bits per heavy atom. The molecule has 0 aromatic heterocycles. The van der Waals surface area contributed by atoms with Gasteiger partial charge in [0.15, 0.2) is 16.6 Å². The van der Waals surface area contributed by atoms with E-state index in [1.165, 1.54) is 0 Å². The van der Waals surface area contributed by atoms with E-state index < -0.39 is 0 Å². The zero-order valence-electron chi connectivity index (χ0n) is 11.5. The Kier molecular flexibility index (Phi) is 7.11. The SMILES string of the molecule is CCCOc1c(Cl)cc(C=NNC(N)=S)cc1OCC. The molecule has 1 rings (SSSR count). The van der Waals surface area contributed by atoms with Crippen molar-refractivity contribution in [3.05, 3.63) is 22.7 Å². The van der Waals surface area contributed by atoms with Gasteiger partial charge in [0.1, 0.15) is 0 Å². The number of thiocarbonyl (C=S) groups is 1. The summed E-state index contributed by atoms with van der Waals surface area (Å²) in [6, 6.07) is 3.53. The van der Waals surface area contributed by atoms with Gasteiger partial charge in [-0.15, -0.1) is 0 Å². The van der Waals surface area contributed by atoms with Crippen molar-refractivity contribution in [2.75, 3.05) is 13.2 Å². The molecule has 0 spiro atoms. The maximum atomic E-state index is 6.21. The summed E-state index contributed by atoms with van der Waals surface area (Å²) >= 11 is 10.9. The molecule has 0 bridgehead atoms. The van der Waals surface area contributed by atoms with Gasteiger partial charge in [0.2, 0.25) is 0 Å². The van der Waals surface area contributed by atoms with Crippen LogP contribution >= 0.6 is 23.8 Å². The number of ether oxygens (including phenoxy) is 2. The number of nitrogens with zero attached hydrogens (tertiary/aromatic N) is 1. The molecule has 20 heavy (non-hydrogen) atoms. The predicted molar refractivity (Wildman–Crippen MR) is 85.9 cm³/mol. The lowest BCUT2D eigenvalue weighted by atomic mass is 10.2. The van der Waals surface area contributed by atoms with Crippen LogP contribution in [0.1, 0.15) is 25.8 Å². The molecule has 0 aliphatic rings. The first-order chi connectivity index (χ1) is 9.58. The summed E-state index contributed by atoms with van der Waals surface area (Å²) < 4.78 is 11.2. The maximum absolute atomic E-state index is 6.21. The Hall–Kier alpha value is -1.53. The lowest BCUT2D eigenvalue weighted by molar-refractivity contribution is 0.277. The highest BCUT2D eigenvalue weighted by atomic mass is 35.5. The molecule has 0 aliphatic carbocycles. The third-order valence-electron chi connectivity index (χ3n) is 2.17. The molecule has 7 heteroatoms. The summed E-state index contributed by atoms with van der Waals surface area (Å²) in [5, 5.41) is 4.45. The van der Waals surface area contributed by atoms with Crippen LogP contribution in [0.15, 0.2) is 17.2 Å². The van der Waals surface area contributed by atoms with Crippen LogP contribution in [-0.2, 0) is 0 Å². The lowest BCUT2D eigenvalue weighted by Gasteiger charge is -2.13. The van der Waals surface area contributed by atoms with Crippen molar-refractivity contribution >= 4 is 35.1 Å². The van der Waals surface area contributed by atoms with E-state index in [9.17, 15) is 0 Å². The monoisotopic (exact) mass is 315 g/mol. The minimum atomic E-state index is 0.0975. The minimum absolute atomic E-state index is 0.0975. The van der Waals surface area contributed by atoms with E-state index in [4.69, 9.17) is 26.8 Å². The van der Waals surface area contributed by atoms with E-state index >= 15 is 0 Å². The summed E-state index contributed by atoms with van der Waals surface area (Å²) in [7, 11) is 0. The number of hydrogen-bond donors (Lipinski definition) is 2. The first kappa shape index (κ1) is 16.5. The predicted octanol–water partition coefficient (Wildman–Crippen LogP) is 2.69. The average Bonchev–Trinajstić information content (AvgIpc) is 2.38. The normalized spacial score (nSPS) is 10.6. The largest absolute Gasteiger partial charge is 0.490 e. The van der Waals surface area contributed by atoms with Crippen molar-refractivity contribution in [2.24, 2.45) is 10.8 Å². The van der Waals surface area contributed by atoms with E-state index in [-0.39, 0.29) is 5.11 Å². The Bertz CT molecular complexity index is 495. The van der Waals surface area contributed by atoms with E-state index in [1.54, 1.807) is 18.3 Å². The summed E-state index contributed by atoms with van der Waals surface area (Å²) in [5.41, 5.74) is 8.51. The summed E-state index contributed by atoms with van der Waals surface area (Å²) in [4.78, 5) is 0. The molecule has 0 radical (unpaired) electrons. The van der Waals surface area contributed by atoms with E-state index in [2.05, 4.69) is 22.7 Å². The van der Waals surface area contributed by atoms with Gasteiger partial charge in [-0.1, -0.05) is 18.5 Å². The van der Waals surface area contributed by atoms with Gasteiger partial charge in [-0.25, -0.2) is 0 Å². The molecule has 0 aliphatic heterocycles. The van der Waals surface area contributed by atoms with Gasteiger partial charge in [0.05, 0.1) is 24.5 Å². The van der Waals surface area contributed by atoms with Crippen LogP contribution in [0.25, 0.3) is 0 Å². The zero-order valence-corrected chi connectivity index (χ0v) is 13.1. The van der Waals surface area contributed by atoms with Crippen LogP contribution in [0.5, 0.6) is 11.5 Å². The molecule has 1 aromatic rings. The highest BCUT2D eigenvalue weighted by molar-refractivity contribution is 7.80. The van der Waals surface area contributed by atoms with Crippen molar-refractivity contribution in [1.82, 2.24) is 5.43 Å². The third-order valence-corrected chi connectivity index (χ3v) is 2.54. The first-order valence-electron chi connectivity index (χ1n) is 6.26. The number of hydrogen-bond acceptors (Lipinski definition) is 4. The van der Waals surface area contributed by atoms with Crippen molar-refractivity contribution in [3.63, 3.8) is 0 Å². The highest BCUT2D eigenvalue weighted by Crippen LogP contribution is 2.36. The van der Waals surface area contributed by atoms with E-state index in [1.807, 2.05) is 13.8 Å². The third kappa shape index (κ3) is 5.22. The van der Waals surface area contributed by atoms with Crippen LogP contribution in [0.4, 0.5) is 0 Å². The van der Waals surface area contributed by atoms with Gasteiger partial charge in [-0.05, 0) is 43.3 Å². The topological polar surface area (TPSA) is 68.9 Å². The number of nitrogens with one attached hydrogen (secondary N) is 1. The average molecular weight is 316 g/mol. The Balaban J connectivity index is 2.99. The van der Waals surface area contributed by atoms with Gasteiger partial charge >= 0.3 is 0 Å². The maximum Gasteiger partial charge on any atom is 0.184 e. The molecule has 0 saturated carbocycles. The van der Waals surface area contributed by atoms with Crippen molar-refractivity contribution in [3.8, 4) is 11.5 Å². The van der Waals surface area contributed by atoms with Crippen LogP contribution in [0, 0.1) is 0 Å². The Morgan fingerprint density at radius 1 is 1.45 bits per heavy atom. The fourth-order valence-corrected chi connectivity index (χ4v) is 1.77. The second-order valence-electron chi connectivity index (χ2n) is 3.85. The van der Waals surface area contributed by atoms with Gasteiger partial charge in [0, 0.05) is 0 Å². The lowest BCUT2D eigenvalue weighted by Crippen LogP contribution is -2.23. The van der Waals surface area contributed by atoms with Crippen LogP contribution in [0.3, 0.4) is 0 Å². The molecule has 0 fully saturated rings. The van der Waals surface area contributed by atoms with Crippen LogP contribution < -0.4 is 20.6 Å². The van der Waals surface area contributed by atoms with Gasteiger partial charge in [0.25, 0.3) is 0 Å². The molecule has 0 amide bonds. The van der Waals surface area contributed by atoms with Gasteiger partial charge in [-0.2, -0.15) is 5.10 Å². The molecule has 0 heterocycles. The van der Waals surface area contributed by atoms with Crippen molar-refractivity contribution < 1.29 is 9.47 Å². The molecular weight excluding hydrogens is 298 g/mol. The molecule has 5 nitrogen and oxygen atoms in total.